The van der Waals surface area contributed by atoms with E-state index in [4.69, 9.17) is 24.9 Å². The Morgan fingerprint density at radius 1 is 1.07 bits per heavy atom. The topological polar surface area (TPSA) is 186 Å². The fourth-order valence-electron chi connectivity index (χ4n) is 5.19. The van der Waals surface area contributed by atoms with Crippen molar-refractivity contribution in [2.24, 2.45) is 5.73 Å². The zero-order valence-electron chi connectivity index (χ0n) is 23.0. The Morgan fingerprint density at radius 2 is 1.83 bits per heavy atom. The molecule has 0 bridgehead atoms. The van der Waals surface area contributed by atoms with Crippen molar-refractivity contribution in [3.8, 4) is 17.1 Å². The Morgan fingerprint density at radius 3 is 2.55 bits per heavy atom. The van der Waals surface area contributed by atoms with E-state index >= 15 is 0 Å². The number of hydrogen-bond donors (Lipinski definition) is 2. The van der Waals surface area contributed by atoms with Gasteiger partial charge in [-0.05, 0) is 36.2 Å². The Kier molecular flexibility index (Phi) is 7.74. The number of primary amides is 1. The van der Waals surface area contributed by atoms with Gasteiger partial charge >= 0.3 is 17.9 Å². The Balaban J connectivity index is 1.51. The van der Waals surface area contributed by atoms with Gasteiger partial charge in [-0.25, -0.2) is 9.78 Å². The molecule has 3 N–H and O–H groups in total. The lowest BCUT2D eigenvalue weighted by Crippen LogP contribution is -2.34. The molecule has 42 heavy (non-hydrogen) atoms. The molecule has 1 unspecified atom stereocenters. The van der Waals surface area contributed by atoms with Crippen LogP contribution in [-0.4, -0.2) is 46.3 Å². The number of nitrogens with one attached hydrogen (secondary N) is 1. The number of benzene rings is 1. The number of carbonyl (C=O) groups excluding carboxylic acids is 5. The van der Waals surface area contributed by atoms with E-state index < -0.39 is 35.5 Å². The maximum absolute atomic E-state index is 13.6. The summed E-state index contributed by atoms with van der Waals surface area (Å²) in [5.41, 5.74) is 8.45. The second kappa shape index (κ2) is 11.4. The zero-order valence-corrected chi connectivity index (χ0v) is 23.0. The number of fused-ring (bicyclic) bond motifs is 5. The number of ether oxygens (including phenoxy) is 3. The van der Waals surface area contributed by atoms with Crippen LogP contribution < -0.4 is 21.3 Å². The molecule has 218 valence electrons. The molecule has 0 saturated heterocycles. The van der Waals surface area contributed by atoms with Gasteiger partial charge in [-0.1, -0.05) is 6.92 Å². The van der Waals surface area contributed by atoms with Crippen molar-refractivity contribution in [2.75, 3.05) is 7.05 Å². The van der Waals surface area contributed by atoms with E-state index in [1.165, 1.54) is 7.05 Å². The van der Waals surface area contributed by atoms with Crippen molar-refractivity contribution in [3.05, 3.63) is 56.9 Å². The quantitative estimate of drug-likeness (QED) is 0.217. The first-order valence-corrected chi connectivity index (χ1v) is 13.4. The number of cyclic esters (lactones) is 1. The number of aromatic nitrogens is 2. The lowest BCUT2D eigenvalue weighted by atomic mass is 9.97. The molecule has 13 nitrogen and oxygen atoms in total. The van der Waals surface area contributed by atoms with Crippen LogP contribution in [0.3, 0.4) is 0 Å². The molecule has 0 fully saturated rings. The maximum atomic E-state index is 13.6. The highest BCUT2D eigenvalue weighted by Gasteiger charge is 2.38. The number of pyridine rings is 2. The Labute approximate surface area is 238 Å². The van der Waals surface area contributed by atoms with E-state index in [0.717, 1.165) is 16.5 Å². The third-order valence-electron chi connectivity index (χ3n) is 7.27. The molecule has 1 atom stereocenters. The van der Waals surface area contributed by atoms with Gasteiger partial charge in [0.05, 0.1) is 41.9 Å². The van der Waals surface area contributed by atoms with Gasteiger partial charge in [-0.2, -0.15) is 0 Å². The van der Waals surface area contributed by atoms with E-state index in [9.17, 15) is 28.8 Å². The van der Waals surface area contributed by atoms with Crippen LogP contribution in [-0.2, 0) is 53.0 Å². The summed E-state index contributed by atoms with van der Waals surface area (Å²) in [5, 5.41) is 3.15. The predicted octanol–water partition coefficient (Wildman–Crippen LogP) is 1.33. The minimum Gasteiger partial charge on any atom is -0.458 e. The molecule has 0 saturated carbocycles. The smallest absolute Gasteiger partial charge is 0.352 e. The molecule has 5 rings (SSSR count). The van der Waals surface area contributed by atoms with Crippen LogP contribution in [0.5, 0.6) is 5.75 Å². The summed E-state index contributed by atoms with van der Waals surface area (Å²) >= 11 is 0. The van der Waals surface area contributed by atoms with E-state index in [2.05, 4.69) is 5.32 Å². The van der Waals surface area contributed by atoms with Crippen molar-refractivity contribution in [1.29, 1.82) is 0 Å². The highest BCUT2D eigenvalue weighted by Crippen LogP contribution is 2.39. The number of nitrogens with two attached hydrogens (primary N) is 1. The first kappa shape index (κ1) is 28.5. The summed E-state index contributed by atoms with van der Waals surface area (Å²) in [5.74, 6) is -2.85. The fraction of sp³-hybridized carbons (Fsp3) is 0.345. The maximum Gasteiger partial charge on any atom is 0.352 e. The van der Waals surface area contributed by atoms with Gasteiger partial charge in [0.2, 0.25) is 17.9 Å². The second-order valence-electron chi connectivity index (χ2n) is 9.90. The van der Waals surface area contributed by atoms with Gasteiger partial charge in [0.15, 0.2) is 0 Å². The SMILES string of the molecule is CCc1c2c(nc3ccc(OC(=O)CCC(N)=O)cc13)-c1cc3c(c(=O)n1C2)COC(=O)C3OC(=O)CCC(=O)NC. The summed E-state index contributed by atoms with van der Waals surface area (Å²) in [7, 11) is 1.44. The van der Waals surface area contributed by atoms with Gasteiger partial charge in [-0.3, -0.25) is 24.0 Å². The molecule has 0 spiro atoms. The lowest BCUT2D eigenvalue weighted by Gasteiger charge is -2.25. The summed E-state index contributed by atoms with van der Waals surface area (Å²) in [6, 6.07) is 6.61. The molecular formula is C29H28N4O9. The van der Waals surface area contributed by atoms with Crippen molar-refractivity contribution in [3.63, 3.8) is 0 Å². The minimum atomic E-state index is -1.45. The molecular weight excluding hydrogens is 548 g/mol. The fourth-order valence-corrected chi connectivity index (χ4v) is 5.19. The molecule has 0 radical (unpaired) electrons. The molecule has 2 aromatic heterocycles. The molecule has 13 heteroatoms. The van der Waals surface area contributed by atoms with Gasteiger partial charge in [0, 0.05) is 36.4 Å². The van der Waals surface area contributed by atoms with Gasteiger partial charge in [0.1, 0.15) is 12.4 Å². The van der Waals surface area contributed by atoms with Crippen LogP contribution in [0.15, 0.2) is 29.1 Å². The Bertz CT molecular complexity index is 1730. The molecule has 3 aromatic rings. The van der Waals surface area contributed by atoms with Crippen molar-refractivity contribution >= 4 is 40.6 Å². The van der Waals surface area contributed by atoms with Crippen molar-refractivity contribution < 1.29 is 38.2 Å². The molecule has 2 aliphatic heterocycles. The largest absolute Gasteiger partial charge is 0.458 e. The minimum absolute atomic E-state index is 0.116. The second-order valence-corrected chi connectivity index (χ2v) is 9.90. The van der Waals surface area contributed by atoms with E-state index in [-0.39, 0.29) is 61.6 Å². The predicted molar refractivity (Wildman–Crippen MR) is 146 cm³/mol. The monoisotopic (exact) mass is 576 g/mol. The normalized spacial score (nSPS) is 14.8. The molecule has 2 amide bonds. The van der Waals surface area contributed by atoms with E-state index in [1.54, 1.807) is 28.8 Å². The summed E-state index contributed by atoms with van der Waals surface area (Å²) < 4.78 is 17.5. The number of nitrogens with zero attached hydrogens (tertiary/aromatic N) is 2. The van der Waals surface area contributed by atoms with Crippen LogP contribution in [0.1, 0.15) is 61.0 Å². The number of rotatable bonds is 9. The number of amides is 2. The first-order chi connectivity index (χ1) is 20.1. The summed E-state index contributed by atoms with van der Waals surface area (Å²) in [4.78, 5) is 78.1. The number of carbonyl (C=O) groups is 5. The molecule has 1 aromatic carbocycles. The third-order valence-corrected chi connectivity index (χ3v) is 7.27. The number of hydrogen-bond acceptors (Lipinski definition) is 10. The lowest BCUT2D eigenvalue weighted by molar-refractivity contribution is -0.171. The van der Waals surface area contributed by atoms with E-state index in [0.29, 0.717) is 23.3 Å². The standard InChI is InChI=1S/C29H28N4O9/c1-3-15-16-10-14(41-24(36)8-6-22(30)34)4-5-20(16)32-26-18(15)12-33-21(26)11-17-19(28(33)38)13-40-29(39)27(17)42-25(37)9-7-23(35)31-2/h4-5,10-11,27H,3,6-9,12-13H2,1-2H3,(H2,30,34)(H,31,35). The summed E-state index contributed by atoms with van der Waals surface area (Å²) in [6.07, 6.45) is -1.50. The van der Waals surface area contributed by atoms with E-state index in [1.807, 2.05) is 6.92 Å². The van der Waals surface area contributed by atoms with Crippen LogP contribution in [0.2, 0.25) is 0 Å². The van der Waals surface area contributed by atoms with Crippen molar-refractivity contribution in [2.45, 2.75) is 58.3 Å². The zero-order chi connectivity index (χ0) is 30.1. The van der Waals surface area contributed by atoms with Crippen LogP contribution in [0.25, 0.3) is 22.3 Å². The van der Waals surface area contributed by atoms with Crippen molar-refractivity contribution in [1.82, 2.24) is 14.9 Å². The average Bonchev–Trinajstić information content (AvgIpc) is 3.33. The van der Waals surface area contributed by atoms with Crippen LogP contribution >= 0.6 is 0 Å². The molecule has 0 aliphatic carbocycles. The summed E-state index contributed by atoms with van der Waals surface area (Å²) in [6.45, 7) is 1.91. The van der Waals surface area contributed by atoms with Crippen LogP contribution in [0.4, 0.5) is 0 Å². The van der Waals surface area contributed by atoms with Gasteiger partial charge in [-0.15, -0.1) is 0 Å². The first-order valence-electron chi connectivity index (χ1n) is 13.4. The Hall–Kier alpha value is -5.07. The van der Waals surface area contributed by atoms with Gasteiger partial charge < -0.3 is 29.8 Å². The third kappa shape index (κ3) is 5.32. The van der Waals surface area contributed by atoms with Gasteiger partial charge in [0.25, 0.3) is 5.56 Å². The molecule has 4 heterocycles. The average molecular weight is 577 g/mol. The highest BCUT2D eigenvalue weighted by molar-refractivity contribution is 5.90. The van der Waals surface area contributed by atoms with Crippen LogP contribution in [0, 0.1) is 0 Å². The number of aryl methyl sites for hydroxylation is 1. The molecule has 2 aliphatic rings. The number of esters is 3. The highest BCUT2D eigenvalue weighted by atomic mass is 16.6.